The zero-order valence-corrected chi connectivity index (χ0v) is 7.85. The fourth-order valence-electron chi connectivity index (χ4n) is 2.13. The molecule has 70 valence electrons. The summed E-state index contributed by atoms with van der Waals surface area (Å²) in [6, 6.07) is 0. The zero-order chi connectivity index (χ0) is 9.59. The van der Waals surface area contributed by atoms with Crippen LogP contribution in [0.5, 0.6) is 0 Å². The molecule has 13 heavy (non-hydrogen) atoms. The summed E-state index contributed by atoms with van der Waals surface area (Å²) in [5, 5.41) is 8.86. The van der Waals surface area contributed by atoms with Crippen LogP contribution in [0.4, 0.5) is 0 Å². The number of carboxylic acids is 1. The quantitative estimate of drug-likeness (QED) is 0.690. The number of carboxylic acid groups (broad SMARTS) is 1. The number of H-pyrrole nitrogens is 1. The molecule has 2 N–H and O–H groups in total. The van der Waals surface area contributed by atoms with E-state index in [1.54, 1.807) is 0 Å². The molecule has 1 aromatic rings. The van der Waals surface area contributed by atoms with Crippen LogP contribution in [0.3, 0.4) is 0 Å². The molecule has 1 unspecified atom stereocenters. The summed E-state index contributed by atoms with van der Waals surface area (Å²) in [7, 11) is 0. The maximum Gasteiger partial charge on any atom is 0.352 e. The second kappa shape index (κ2) is 2.62. The van der Waals surface area contributed by atoms with Crippen LogP contribution in [0.1, 0.15) is 34.2 Å². The van der Waals surface area contributed by atoms with Crippen LogP contribution < -0.4 is 0 Å². The molecule has 3 nitrogen and oxygen atoms in total. The Hall–Kier alpha value is -1.25. The lowest BCUT2D eigenvalue weighted by molar-refractivity contribution is 0.0690. The monoisotopic (exact) mass is 179 g/mol. The van der Waals surface area contributed by atoms with E-state index in [4.69, 9.17) is 5.11 Å². The number of rotatable bonds is 1. The van der Waals surface area contributed by atoms with Crippen molar-refractivity contribution in [3.05, 3.63) is 22.5 Å². The van der Waals surface area contributed by atoms with E-state index >= 15 is 0 Å². The number of aromatic nitrogens is 1. The third-order valence-corrected chi connectivity index (χ3v) is 2.79. The Morgan fingerprint density at radius 1 is 1.54 bits per heavy atom. The number of nitrogens with one attached hydrogen (secondary N) is 1. The maximum atomic E-state index is 10.8. The molecule has 0 spiro atoms. The molecule has 0 amide bonds. The molecular weight excluding hydrogens is 166 g/mol. The highest BCUT2D eigenvalue weighted by molar-refractivity contribution is 5.88. The minimum atomic E-state index is -0.848. The van der Waals surface area contributed by atoms with E-state index in [-0.39, 0.29) is 0 Å². The van der Waals surface area contributed by atoms with Gasteiger partial charge in [0, 0.05) is 5.69 Å². The molecule has 0 radical (unpaired) electrons. The van der Waals surface area contributed by atoms with Gasteiger partial charge in [-0.25, -0.2) is 4.79 Å². The predicted molar refractivity (Wildman–Crippen MR) is 49.1 cm³/mol. The topological polar surface area (TPSA) is 53.1 Å². The van der Waals surface area contributed by atoms with Crippen LogP contribution in [0.15, 0.2) is 0 Å². The summed E-state index contributed by atoms with van der Waals surface area (Å²) in [6.07, 6.45) is 2.01. The van der Waals surface area contributed by atoms with E-state index in [1.807, 2.05) is 6.92 Å². The van der Waals surface area contributed by atoms with Gasteiger partial charge in [0.1, 0.15) is 5.69 Å². The van der Waals surface area contributed by atoms with Crippen LogP contribution in [0, 0.1) is 12.8 Å². The van der Waals surface area contributed by atoms with Gasteiger partial charge < -0.3 is 10.1 Å². The number of aromatic carboxylic acids is 1. The molecular formula is C10H13NO2. The van der Waals surface area contributed by atoms with Crippen LogP contribution >= 0.6 is 0 Å². The summed E-state index contributed by atoms with van der Waals surface area (Å²) >= 11 is 0. The summed E-state index contributed by atoms with van der Waals surface area (Å²) in [5.41, 5.74) is 3.65. The number of fused-ring (bicyclic) bond motifs is 1. The first-order valence-electron chi connectivity index (χ1n) is 4.53. The first-order chi connectivity index (χ1) is 6.09. The van der Waals surface area contributed by atoms with Crippen LogP contribution in [-0.4, -0.2) is 16.1 Å². The number of aromatic amines is 1. The van der Waals surface area contributed by atoms with Gasteiger partial charge in [-0.1, -0.05) is 6.92 Å². The van der Waals surface area contributed by atoms with Crippen LogP contribution in [0.2, 0.25) is 0 Å². The van der Waals surface area contributed by atoms with E-state index in [9.17, 15) is 4.79 Å². The Labute approximate surface area is 76.8 Å². The number of carbonyl (C=O) groups is 1. The van der Waals surface area contributed by atoms with Crippen molar-refractivity contribution in [3.63, 3.8) is 0 Å². The van der Waals surface area contributed by atoms with Gasteiger partial charge in [-0.05, 0) is 36.8 Å². The molecule has 1 aromatic heterocycles. The molecule has 3 heteroatoms. The van der Waals surface area contributed by atoms with Crippen molar-refractivity contribution >= 4 is 5.97 Å². The number of hydrogen-bond acceptors (Lipinski definition) is 1. The number of hydrogen-bond donors (Lipinski definition) is 2. The average molecular weight is 179 g/mol. The molecule has 0 bridgehead atoms. The highest BCUT2D eigenvalue weighted by Crippen LogP contribution is 2.30. The smallest absolute Gasteiger partial charge is 0.352 e. The van der Waals surface area contributed by atoms with Crippen molar-refractivity contribution in [3.8, 4) is 0 Å². The van der Waals surface area contributed by atoms with Crippen molar-refractivity contribution in [1.29, 1.82) is 0 Å². The first-order valence-corrected chi connectivity index (χ1v) is 4.53. The lowest BCUT2D eigenvalue weighted by Gasteiger charge is -1.99. The maximum absolute atomic E-state index is 10.8. The minimum Gasteiger partial charge on any atom is -0.477 e. The van der Waals surface area contributed by atoms with Crippen LogP contribution in [-0.2, 0) is 12.8 Å². The van der Waals surface area contributed by atoms with E-state index in [0.717, 1.165) is 24.1 Å². The van der Waals surface area contributed by atoms with Gasteiger partial charge in [-0.15, -0.1) is 0 Å². The fourth-order valence-corrected chi connectivity index (χ4v) is 2.13. The van der Waals surface area contributed by atoms with E-state index in [2.05, 4.69) is 11.9 Å². The molecule has 0 saturated heterocycles. The SMILES string of the molecule is Cc1c(C(=O)O)[nH]c2c1CC(C)C2. The lowest BCUT2D eigenvalue weighted by atomic mass is 10.1. The molecule has 0 aromatic carbocycles. The van der Waals surface area contributed by atoms with Crippen molar-refractivity contribution in [2.75, 3.05) is 0 Å². The van der Waals surface area contributed by atoms with Gasteiger partial charge in [0.15, 0.2) is 0 Å². The van der Waals surface area contributed by atoms with Crippen LogP contribution in [0.25, 0.3) is 0 Å². The highest BCUT2D eigenvalue weighted by atomic mass is 16.4. The first kappa shape index (κ1) is 8.35. The van der Waals surface area contributed by atoms with E-state index in [0.29, 0.717) is 11.6 Å². The Balaban J connectivity index is 2.47. The Bertz CT molecular complexity index is 365. The summed E-state index contributed by atoms with van der Waals surface area (Å²) < 4.78 is 0. The molecule has 1 aliphatic carbocycles. The molecule has 1 aliphatic rings. The molecule has 0 aliphatic heterocycles. The Morgan fingerprint density at radius 3 is 2.77 bits per heavy atom. The van der Waals surface area contributed by atoms with Crippen molar-refractivity contribution in [1.82, 2.24) is 4.98 Å². The largest absolute Gasteiger partial charge is 0.477 e. The minimum absolute atomic E-state index is 0.372. The summed E-state index contributed by atoms with van der Waals surface area (Å²) in [4.78, 5) is 13.8. The standard InChI is InChI=1S/C10H13NO2/c1-5-3-7-6(2)9(10(12)13)11-8(7)4-5/h5,11H,3-4H2,1-2H3,(H,12,13). The third kappa shape index (κ3) is 1.15. The molecule has 0 saturated carbocycles. The second-order valence-corrected chi connectivity index (χ2v) is 3.90. The Kier molecular flexibility index (Phi) is 1.68. The van der Waals surface area contributed by atoms with Crippen molar-refractivity contribution < 1.29 is 9.90 Å². The van der Waals surface area contributed by atoms with Crippen molar-refractivity contribution in [2.45, 2.75) is 26.7 Å². The molecule has 1 atom stereocenters. The fraction of sp³-hybridized carbons (Fsp3) is 0.500. The van der Waals surface area contributed by atoms with E-state index < -0.39 is 5.97 Å². The molecule has 0 fully saturated rings. The molecule has 1 heterocycles. The third-order valence-electron chi connectivity index (χ3n) is 2.79. The van der Waals surface area contributed by atoms with Gasteiger partial charge >= 0.3 is 5.97 Å². The Morgan fingerprint density at radius 2 is 2.23 bits per heavy atom. The zero-order valence-electron chi connectivity index (χ0n) is 7.85. The van der Waals surface area contributed by atoms with Gasteiger partial charge in [0.25, 0.3) is 0 Å². The summed E-state index contributed by atoms with van der Waals surface area (Å²) in [6.45, 7) is 4.07. The lowest BCUT2D eigenvalue weighted by Crippen LogP contribution is -2.02. The van der Waals surface area contributed by atoms with E-state index in [1.165, 1.54) is 5.56 Å². The highest BCUT2D eigenvalue weighted by Gasteiger charge is 2.25. The van der Waals surface area contributed by atoms with Gasteiger partial charge in [-0.2, -0.15) is 0 Å². The predicted octanol–water partition coefficient (Wildman–Crippen LogP) is 1.76. The normalized spacial score (nSPS) is 20.3. The van der Waals surface area contributed by atoms with Gasteiger partial charge in [0.2, 0.25) is 0 Å². The van der Waals surface area contributed by atoms with Crippen molar-refractivity contribution in [2.24, 2.45) is 5.92 Å². The van der Waals surface area contributed by atoms with Gasteiger partial charge in [0.05, 0.1) is 0 Å². The molecule has 2 rings (SSSR count). The van der Waals surface area contributed by atoms with Gasteiger partial charge in [-0.3, -0.25) is 0 Å². The average Bonchev–Trinajstić information content (AvgIpc) is 2.51. The summed E-state index contributed by atoms with van der Waals surface area (Å²) in [5.74, 6) is -0.192. The second-order valence-electron chi connectivity index (χ2n) is 3.90.